The highest BCUT2D eigenvalue weighted by Crippen LogP contribution is 2.30. The largest absolute Gasteiger partial charge is 0.486 e. The van der Waals surface area contributed by atoms with Crippen LogP contribution in [0.5, 0.6) is 11.5 Å². The second-order valence-electron chi connectivity index (χ2n) is 6.93. The zero-order chi connectivity index (χ0) is 19.2. The number of amides is 2. The lowest BCUT2D eigenvalue weighted by atomic mass is 10.1. The molecule has 27 heavy (non-hydrogen) atoms. The fourth-order valence-corrected chi connectivity index (χ4v) is 2.81. The Labute approximate surface area is 158 Å². The van der Waals surface area contributed by atoms with Crippen molar-refractivity contribution in [3.05, 3.63) is 48.0 Å². The molecule has 6 heteroatoms. The molecule has 0 spiro atoms. The van der Waals surface area contributed by atoms with Crippen molar-refractivity contribution in [2.45, 2.75) is 26.7 Å². The van der Waals surface area contributed by atoms with Crippen LogP contribution >= 0.6 is 0 Å². The van der Waals surface area contributed by atoms with Gasteiger partial charge in [0.15, 0.2) is 11.5 Å². The molecule has 1 aliphatic rings. The van der Waals surface area contributed by atoms with Gasteiger partial charge >= 0.3 is 0 Å². The predicted molar refractivity (Wildman–Crippen MR) is 104 cm³/mol. The van der Waals surface area contributed by atoms with E-state index in [1.165, 1.54) is 0 Å². The molecule has 0 aromatic heterocycles. The third-order valence-electron chi connectivity index (χ3n) is 4.02. The molecule has 0 unspecified atom stereocenters. The number of carbonyl (C=O) groups is 2. The number of fused-ring (bicyclic) bond motifs is 1. The zero-order valence-corrected chi connectivity index (χ0v) is 15.6. The highest BCUT2D eigenvalue weighted by atomic mass is 16.6. The van der Waals surface area contributed by atoms with E-state index in [0.29, 0.717) is 48.4 Å². The minimum absolute atomic E-state index is 0.0135. The highest BCUT2D eigenvalue weighted by molar-refractivity contribution is 5.93. The predicted octanol–water partition coefficient (Wildman–Crippen LogP) is 3.62. The van der Waals surface area contributed by atoms with Gasteiger partial charge in [0.2, 0.25) is 11.8 Å². The van der Waals surface area contributed by atoms with E-state index in [4.69, 9.17) is 9.47 Å². The maximum atomic E-state index is 12.3. The van der Waals surface area contributed by atoms with Gasteiger partial charge in [-0.25, -0.2) is 0 Å². The molecule has 0 fully saturated rings. The van der Waals surface area contributed by atoms with E-state index in [2.05, 4.69) is 10.6 Å². The summed E-state index contributed by atoms with van der Waals surface area (Å²) in [5.41, 5.74) is 2.25. The summed E-state index contributed by atoms with van der Waals surface area (Å²) in [6.07, 6.45) is 0.720. The van der Waals surface area contributed by atoms with Gasteiger partial charge < -0.3 is 20.1 Å². The van der Waals surface area contributed by atoms with Crippen molar-refractivity contribution < 1.29 is 19.1 Å². The van der Waals surface area contributed by atoms with Gasteiger partial charge in [-0.1, -0.05) is 19.9 Å². The van der Waals surface area contributed by atoms with Crippen LogP contribution in [0, 0.1) is 5.92 Å². The van der Waals surface area contributed by atoms with Gasteiger partial charge in [0.05, 0.1) is 6.42 Å². The smallest absolute Gasteiger partial charge is 0.228 e. The summed E-state index contributed by atoms with van der Waals surface area (Å²) in [7, 11) is 0. The van der Waals surface area contributed by atoms with Crippen molar-refractivity contribution >= 4 is 23.2 Å². The normalized spacial score (nSPS) is 12.6. The Morgan fingerprint density at radius 3 is 2.11 bits per heavy atom. The van der Waals surface area contributed by atoms with Crippen molar-refractivity contribution in [3.8, 4) is 11.5 Å². The van der Waals surface area contributed by atoms with Gasteiger partial charge in [0.1, 0.15) is 13.2 Å². The summed E-state index contributed by atoms with van der Waals surface area (Å²) in [6.45, 7) is 5.06. The van der Waals surface area contributed by atoms with Crippen LogP contribution in [0.1, 0.15) is 25.8 Å². The van der Waals surface area contributed by atoms with E-state index >= 15 is 0 Å². The number of anilines is 2. The molecule has 2 aromatic carbocycles. The summed E-state index contributed by atoms with van der Waals surface area (Å²) in [4.78, 5) is 24.1. The van der Waals surface area contributed by atoms with Crippen molar-refractivity contribution in [2.75, 3.05) is 23.8 Å². The molecule has 6 nitrogen and oxygen atoms in total. The van der Waals surface area contributed by atoms with Crippen LogP contribution in [0.4, 0.5) is 11.4 Å². The molecule has 2 aromatic rings. The molecule has 2 amide bonds. The lowest BCUT2D eigenvalue weighted by molar-refractivity contribution is -0.117. The van der Waals surface area contributed by atoms with Gasteiger partial charge in [-0.2, -0.15) is 0 Å². The van der Waals surface area contributed by atoms with Crippen molar-refractivity contribution in [2.24, 2.45) is 5.92 Å². The Balaban J connectivity index is 1.54. The molecule has 0 saturated heterocycles. The lowest BCUT2D eigenvalue weighted by Gasteiger charge is -2.18. The van der Waals surface area contributed by atoms with Crippen LogP contribution in [-0.4, -0.2) is 25.0 Å². The van der Waals surface area contributed by atoms with E-state index in [1.54, 1.807) is 24.3 Å². The Morgan fingerprint density at radius 1 is 0.889 bits per heavy atom. The Bertz CT molecular complexity index is 815. The number of hydrogen-bond acceptors (Lipinski definition) is 4. The highest BCUT2D eigenvalue weighted by Gasteiger charge is 2.13. The minimum Gasteiger partial charge on any atom is -0.486 e. The fourth-order valence-electron chi connectivity index (χ4n) is 2.81. The molecule has 0 saturated carbocycles. The molecule has 142 valence electrons. The number of nitrogens with one attached hydrogen (secondary N) is 2. The second kappa shape index (κ2) is 8.58. The lowest BCUT2D eigenvalue weighted by Crippen LogP contribution is -2.17. The summed E-state index contributed by atoms with van der Waals surface area (Å²) in [5, 5.41) is 5.70. The summed E-state index contributed by atoms with van der Waals surface area (Å²) < 4.78 is 11.0. The molecule has 0 aliphatic carbocycles. The van der Waals surface area contributed by atoms with Gasteiger partial charge in [-0.3, -0.25) is 9.59 Å². The number of hydrogen-bond donors (Lipinski definition) is 2. The molecule has 2 N–H and O–H groups in total. The average Bonchev–Trinajstić information content (AvgIpc) is 2.62. The van der Waals surface area contributed by atoms with E-state index in [-0.39, 0.29) is 18.2 Å². The van der Waals surface area contributed by atoms with Crippen LogP contribution in [0.15, 0.2) is 42.5 Å². The van der Waals surface area contributed by atoms with E-state index in [1.807, 2.05) is 32.0 Å². The Hall–Kier alpha value is -3.02. The molecular weight excluding hydrogens is 344 g/mol. The number of ether oxygens (including phenoxy) is 2. The van der Waals surface area contributed by atoms with Crippen LogP contribution in [0.3, 0.4) is 0 Å². The van der Waals surface area contributed by atoms with E-state index in [9.17, 15) is 9.59 Å². The number of rotatable bonds is 6. The summed E-state index contributed by atoms with van der Waals surface area (Å²) in [5.74, 6) is 1.56. The monoisotopic (exact) mass is 368 g/mol. The summed E-state index contributed by atoms with van der Waals surface area (Å²) >= 11 is 0. The molecule has 0 radical (unpaired) electrons. The number of carbonyl (C=O) groups excluding carboxylic acids is 2. The van der Waals surface area contributed by atoms with Crippen LogP contribution in [-0.2, 0) is 16.0 Å². The minimum atomic E-state index is -0.122. The second-order valence-corrected chi connectivity index (χ2v) is 6.93. The molecule has 0 bridgehead atoms. The first-order valence-electron chi connectivity index (χ1n) is 9.08. The van der Waals surface area contributed by atoms with Crippen LogP contribution in [0.25, 0.3) is 0 Å². The quantitative estimate of drug-likeness (QED) is 0.816. The standard InChI is InChI=1S/C21H24N2O4/c1-14(2)11-20(24)22-16-4-6-17(7-5-16)23-21(25)13-15-3-8-18-19(12-15)27-10-9-26-18/h3-8,12,14H,9-11,13H2,1-2H3,(H,22,24)(H,23,25). The van der Waals surface area contributed by atoms with Gasteiger partial charge in [0.25, 0.3) is 0 Å². The van der Waals surface area contributed by atoms with Crippen LogP contribution in [0.2, 0.25) is 0 Å². The first-order chi connectivity index (χ1) is 13.0. The molecule has 0 atom stereocenters. The topological polar surface area (TPSA) is 76.7 Å². The Morgan fingerprint density at radius 2 is 1.48 bits per heavy atom. The fraction of sp³-hybridized carbons (Fsp3) is 0.333. The summed E-state index contributed by atoms with van der Waals surface area (Å²) in [6, 6.07) is 12.6. The van der Waals surface area contributed by atoms with Crippen molar-refractivity contribution in [1.82, 2.24) is 0 Å². The SMILES string of the molecule is CC(C)CC(=O)Nc1ccc(NC(=O)Cc2ccc3c(c2)OCCO3)cc1. The maximum Gasteiger partial charge on any atom is 0.228 e. The van der Waals surface area contributed by atoms with E-state index in [0.717, 1.165) is 5.56 Å². The first kappa shape index (κ1) is 18.8. The maximum absolute atomic E-state index is 12.3. The molecule has 1 heterocycles. The van der Waals surface area contributed by atoms with Crippen LogP contribution < -0.4 is 20.1 Å². The van der Waals surface area contributed by atoms with Crippen molar-refractivity contribution in [3.63, 3.8) is 0 Å². The Kier molecular flexibility index (Phi) is 5.96. The van der Waals surface area contributed by atoms with Crippen molar-refractivity contribution in [1.29, 1.82) is 0 Å². The number of benzene rings is 2. The third-order valence-corrected chi connectivity index (χ3v) is 4.02. The zero-order valence-electron chi connectivity index (χ0n) is 15.6. The third kappa shape index (κ3) is 5.48. The molecule has 1 aliphatic heterocycles. The average molecular weight is 368 g/mol. The first-order valence-corrected chi connectivity index (χ1v) is 9.08. The van der Waals surface area contributed by atoms with Gasteiger partial charge in [0, 0.05) is 17.8 Å². The molecular formula is C21H24N2O4. The van der Waals surface area contributed by atoms with Gasteiger partial charge in [-0.05, 0) is 47.9 Å². The molecule has 3 rings (SSSR count). The van der Waals surface area contributed by atoms with Gasteiger partial charge in [-0.15, -0.1) is 0 Å². The van der Waals surface area contributed by atoms with E-state index < -0.39 is 0 Å².